The monoisotopic (exact) mass is 296 g/mol. The summed E-state index contributed by atoms with van der Waals surface area (Å²) in [6.45, 7) is 5.96. The molecule has 0 fully saturated rings. The van der Waals surface area contributed by atoms with Gasteiger partial charge in [0.05, 0.1) is 11.7 Å². The molecule has 102 valence electrons. The largest absolute Gasteiger partial charge is 0.478 e. The van der Waals surface area contributed by atoms with Gasteiger partial charge in [-0.05, 0) is 35.8 Å². The number of aromatic carboxylic acids is 1. The van der Waals surface area contributed by atoms with Crippen LogP contribution in [0.1, 0.15) is 40.8 Å². The first-order chi connectivity index (χ1) is 9.00. The lowest BCUT2D eigenvalue weighted by Crippen LogP contribution is -2.16. The summed E-state index contributed by atoms with van der Waals surface area (Å²) in [5.74, 6) is -0.565. The van der Waals surface area contributed by atoms with Gasteiger partial charge in [0.15, 0.2) is 0 Å². The molecule has 0 spiro atoms. The average molecular weight is 296 g/mol. The van der Waals surface area contributed by atoms with Crippen molar-refractivity contribution in [3.63, 3.8) is 0 Å². The maximum absolute atomic E-state index is 11.3. The number of rotatable bonds is 5. The fourth-order valence-corrected chi connectivity index (χ4v) is 3.67. The zero-order valence-corrected chi connectivity index (χ0v) is 12.6. The molecule has 0 saturated heterocycles. The number of aromatic nitrogens is 1. The van der Waals surface area contributed by atoms with Gasteiger partial charge in [-0.25, -0.2) is 4.79 Å². The van der Waals surface area contributed by atoms with E-state index in [0.29, 0.717) is 16.6 Å². The van der Waals surface area contributed by atoms with E-state index in [1.54, 1.807) is 18.3 Å². The van der Waals surface area contributed by atoms with Crippen molar-refractivity contribution in [2.75, 3.05) is 5.32 Å². The number of hydrogen-bond donors (Lipinski definition) is 2. The predicted octanol–water partition coefficient (Wildman–Crippen LogP) is 4.02. The third-order valence-corrected chi connectivity index (χ3v) is 4.70. The quantitative estimate of drug-likeness (QED) is 0.874. The molecule has 1 atom stereocenters. The Kier molecular flexibility index (Phi) is 4.21. The highest BCUT2D eigenvalue weighted by Crippen LogP contribution is 2.33. The number of nitrogens with one attached hydrogen (secondary N) is 1. The van der Waals surface area contributed by atoms with Gasteiger partial charge in [0.1, 0.15) is 10.6 Å². The van der Waals surface area contributed by atoms with Crippen molar-refractivity contribution in [1.82, 2.24) is 4.37 Å². The average Bonchev–Trinajstić information content (AvgIpc) is 2.94. The number of aryl methyl sites for hydroxylation is 1. The van der Waals surface area contributed by atoms with Crippen LogP contribution in [0, 0.1) is 12.8 Å². The van der Waals surface area contributed by atoms with Crippen molar-refractivity contribution in [1.29, 1.82) is 0 Å². The maximum atomic E-state index is 11.3. The number of hydrogen-bond acceptors (Lipinski definition) is 5. The summed E-state index contributed by atoms with van der Waals surface area (Å²) in [6.07, 6.45) is 0. The first-order valence-electron chi connectivity index (χ1n) is 6.00. The van der Waals surface area contributed by atoms with Crippen LogP contribution in [0.4, 0.5) is 5.00 Å². The minimum atomic E-state index is -0.928. The molecule has 0 radical (unpaired) electrons. The van der Waals surface area contributed by atoms with Crippen LogP contribution in [0.3, 0.4) is 0 Å². The van der Waals surface area contributed by atoms with E-state index >= 15 is 0 Å². The van der Waals surface area contributed by atoms with Crippen molar-refractivity contribution in [3.05, 3.63) is 33.6 Å². The van der Waals surface area contributed by atoms with Gasteiger partial charge in [-0.1, -0.05) is 19.9 Å². The lowest BCUT2D eigenvalue weighted by Gasteiger charge is -2.21. The Hall–Kier alpha value is -1.40. The lowest BCUT2D eigenvalue weighted by molar-refractivity contribution is 0.0697. The molecule has 2 aromatic heterocycles. The molecule has 2 heterocycles. The normalized spacial score (nSPS) is 12.6. The Bertz CT molecular complexity index is 561. The molecule has 0 aliphatic carbocycles. The van der Waals surface area contributed by atoms with Gasteiger partial charge >= 0.3 is 5.97 Å². The van der Waals surface area contributed by atoms with E-state index in [9.17, 15) is 9.90 Å². The fraction of sp³-hybridized carbons (Fsp3) is 0.385. The Morgan fingerprint density at radius 2 is 2.21 bits per heavy atom. The molecule has 0 bridgehead atoms. The molecule has 0 aliphatic rings. The van der Waals surface area contributed by atoms with Gasteiger partial charge in [-0.15, -0.1) is 11.3 Å². The summed E-state index contributed by atoms with van der Waals surface area (Å²) < 4.78 is 4.13. The summed E-state index contributed by atoms with van der Waals surface area (Å²) in [5.41, 5.74) is 0.848. The SMILES string of the molecule is Cc1nsc(NC(c2cccs2)C(C)C)c1C(=O)O. The second kappa shape index (κ2) is 5.71. The minimum Gasteiger partial charge on any atom is -0.478 e. The van der Waals surface area contributed by atoms with Crippen LogP contribution >= 0.6 is 22.9 Å². The third kappa shape index (κ3) is 2.96. The molecule has 6 heteroatoms. The van der Waals surface area contributed by atoms with Gasteiger partial charge in [0.25, 0.3) is 0 Å². The molecule has 19 heavy (non-hydrogen) atoms. The van der Waals surface area contributed by atoms with Crippen molar-refractivity contribution in [3.8, 4) is 0 Å². The van der Waals surface area contributed by atoms with Crippen LogP contribution in [-0.2, 0) is 0 Å². The summed E-state index contributed by atoms with van der Waals surface area (Å²) >= 11 is 2.88. The van der Waals surface area contributed by atoms with E-state index in [2.05, 4.69) is 29.6 Å². The fourth-order valence-electron chi connectivity index (χ4n) is 1.90. The number of anilines is 1. The Morgan fingerprint density at radius 1 is 1.47 bits per heavy atom. The Morgan fingerprint density at radius 3 is 2.74 bits per heavy atom. The molecule has 2 rings (SSSR count). The van der Waals surface area contributed by atoms with Crippen molar-refractivity contribution in [2.24, 2.45) is 5.92 Å². The zero-order chi connectivity index (χ0) is 14.0. The van der Waals surface area contributed by atoms with Crippen molar-refractivity contribution < 1.29 is 9.90 Å². The van der Waals surface area contributed by atoms with E-state index in [-0.39, 0.29) is 11.6 Å². The van der Waals surface area contributed by atoms with Crippen LogP contribution in [0.25, 0.3) is 0 Å². The zero-order valence-electron chi connectivity index (χ0n) is 11.0. The second-order valence-electron chi connectivity index (χ2n) is 4.66. The summed E-state index contributed by atoms with van der Waals surface area (Å²) in [4.78, 5) is 12.5. The molecular weight excluding hydrogens is 280 g/mol. The number of carboxylic acids is 1. The van der Waals surface area contributed by atoms with Crippen molar-refractivity contribution >= 4 is 33.8 Å². The van der Waals surface area contributed by atoms with Crippen LogP contribution in [0.2, 0.25) is 0 Å². The van der Waals surface area contributed by atoms with Crippen LogP contribution in [0.5, 0.6) is 0 Å². The smallest absolute Gasteiger partial charge is 0.340 e. The van der Waals surface area contributed by atoms with E-state index in [0.717, 1.165) is 0 Å². The van der Waals surface area contributed by atoms with Gasteiger partial charge < -0.3 is 10.4 Å². The molecule has 1 unspecified atom stereocenters. The molecule has 0 saturated carbocycles. The molecular formula is C13H16N2O2S2. The minimum absolute atomic E-state index is 0.109. The molecule has 0 aliphatic heterocycles. The maximum Gasteiger partial charge on any atom is 0.340 e. The highest BCUT2D eigenvalue weighted by molar-refractivity contribution is 7.11. The van der Waals surface area contributed by atoms with Crippen LogP contribution in [0.15, 0.2) is 17.5 Å². The first-order valence-corrected chi connectivity index (χ1v) is 7.65. The molecule has 0 aromatic carbocycles. The third-order valence-electron chi connectivity index (χ3n) is 2.88. The van der Waals surface area contributed by atoms with Crippen molar-refractivity contribution in [2.45, 2.75) is 26.8 Å². The Balaban J connectivity index is 2.30. The lowest BCUT2D eigenvalue weighted by atomic mass is 10.0. The highest BCUT2D eigenvalue weighted by atomic mass is 32.1. The highest BCUT2D eigenvalue weighted by Gasteiger charge is 2.23. The number of carbonyl (C=O) groups is 1. The van der Waals surface area contributed by atoms with Gasteiger partial charge in [-0.2, -0.15) is 4.37 Å². The van der Waals surface area contributed by atoms with E-state index in [4.69, 9.17) is 0 Å². The molecule has 2 aromatic rings. The topological polar surface area (TPSA) is 62.2 Å². The van der Waals surface area contributed by atoms with E-state index in [1.807, 2.05) is 11.4 Å². The predicted molar refractivity (Wildman–Crippen MR) is 79.3 cm³/mol. The second-order valence-corrected chi connectivity index (χ2v) is 6.41. The number of carboxylic acid groups (broad SMARTS) is 1. The van der Waals surface area contributed by atoms with Gasteiger partial charge in [-0.3, -0.25) is 0 Å². The summed E-state index contributed by atoms with van der Waals surface area (Å²) in [6, 6.07) is 4.18. The first kappa shape index (κ1) is 14.0. The van der Waals surface area contributed by atoms with Gasteiger partial charge in [0, 0.05) is 4.88 Å². The standard InChI is InChI=1S/C13H16N2O2S2/c1-7(2)11(9-5-4-6-18-9)14-12-10(13(16)17)8(3)15-19-12/h4-7,11,14H,1-3H3,(H,16,17). The molecule has 2 N–H and O–H groups in total. The van der Waals surface area contributed by atoms with Gasteiger partial charge in [0.2, 0.25) is 0 Å². The number of thiophene rings is 1. The summed E-state index contributed by atoms with van der Waals surface area (Å²) in [5, 5.41) is 15.3. The Labute approximate surface area is 120 Å². The summed E-state index contributed by atoms with van der Waals surface area (Å²) in [7, 11) is 0. The van der Waals surface area contributed by atoms with Crippen LogP contribution in [-0.4, -0.2) is 15.4 Å². The van der Waals surface area contributed by atoms with Crippen LogP contribution < -0.4 is 5.32 Å². The molecule has 0 amide bonds. The molecule has 4 nitrogen and oxygen atoms in total. The number of nitrogens with zero attached hydrogens (tertiary/aromatic N) is 1. The van der Waals surface area contributed by atoms with E-state index in [1.165, 1.54) is 16.4 Å². The van der Waals surface area contributed by atoms with E-state index < -0.39 is 5.97 Å².